The number of nitrogen functional groups attached to an aromatic ring is 1. The summed E-state index contributed by atoms with van der Waals surface area (Å²) in [5, 5.41) is 2.05. The largest absolute Gasteiger partial charge is 0.399 e. The van der Waals surface area contributed by atoms with Crippen LogP contribution in [0.3, 0.4) is 0 Å². The number of para-hydroxylation sites is 1. The molecular weight excluding hydrogens is 188 g/mol. The molecule has 0 amide bonds. The van der Waals surface area contributed by atoms with Crippen LogP contribution in [-0.4, -0.2) is 24.8 Å². The summed E-state index contributed by atoms with van der Waals surface area (Å²) in [6.07, 6.45) is 3.39. The van der Waals surface area contributed by atoms with E-state index in [9.17, 15) is 0 Å². The Morgan fingerprint density at radius 1 is 1.27 bits per heavy atom. The average Bonchev–Trinajstić information content (AvgIpc) is 2.29. The lowest BCUT2D eigenvalue weighted by molar-refractivity contribution is -0.179. The molecule has 0 aromatic heterocycles. The molecule has 0 aliphatic carbocycles. The van der Waals surface area contributed by atoms with Crippen molar-refractivity contribution in [2.45, 2.75) is 19.3 Å². The van der Waals surface area contributed by atoms with Crippen molar-refractivity contribution in [2.24, 2.45) is 0 Å². The van der Waals surface area contributed by atoms with E-state index in [4.69, 9.17) is 10.6 Å². The minimum absolute atomic E-state index is 0.865. The number of nitrogens with two attached hydrogens (primary N) is 1. The molecule has 1 aromatic carbocycles. The summed E-state index contributed by atoms with van der Waals surface area (Å²) >= 11 is 0. The first-order valence-electron chi connectivity index (χ1n) is 5.57. The molecule has 1 aromatic rings. The topological polar surface area (TPSA) is 38.5 Å². The molecule has 0 atom stereocenters. The summed E-state index contributed by atoms with van der Waals surface area (Å²) in [4.78, 5) is 5.53. The molecule has 0 saturated carbocycles. The van der Waals surface area contributed by atoms with Crippen molar-refractivity contribution in [2.75, 3.05) is 25.4 Å². The van der Waals surface area contributed by atoms with E-state index < -0.39 is 0 Å². The molecule has 82 valence electrons. The summed E-state index contributed by atoms with van der Waals surface area (Å²) < 4.78 is 0. The number of hydroxylamine groups is 2. The molecular formula is C12H18N2O. The standard InChI is InChI=1S/C12H18N2O/c13-12-6-2-1-5-11(12)7-9-14-8-3-4-10-15-14/h1-2,5-6H,3-4,7-10,13H2. The molecule has 1 aliphatic heterocycles. The van der Waals surface area contributed by atoms with Crippen molar-refractivity contribution in [1.29, 1.82) is 0 Å². The van der Waals surface area contributed by atoms with E-state index in [1.807, 2.05) is 18.2 Å². The first-order chi connectivity index (χ1) is 7.36. The Morgan fingerprint density at radius 2 is 2.13 bits per heavy atom. The summed E-state index contributed by atoms with van der Waals surface area (Å²) in [6.45, 7) is 2.85. The highest BCUT2D eigenvalue weighted by atomic mass is 16.7. The number of nitrogens with zero attached hydrogens (tertiary/aromatic N) is 1. The number of anilines is 1. The SMILES string of the molecule is Nc1ccccc1CCN1CCCCO1. The Hall–Kier alpha value is -1.06. The third-order valence-corrected chi connectivity index (χ3v) is 2.76. The van der Waals surface area contributed by atoms with Gasteiger partial charge >= 0.3 is 0 Å². The molecule has 2 rings (SSSR count). The maximum atomic E-state index is 5.88. The van der Waals surface area contributed by atoms with Crippen LogP contribution >= 0.6 is 0 Å². The molecule has 15 heavy (non-hydrogen) atoms. The predicted molar refractivity (Wildman–Crippen MR) is 61.3 cm³/mol. The molecule has 0 spiro atoms. The number of rotatable bonds is 3. The second kappa shape index (κ2) is 5.14. The van der Waals surface area contributed by atoms with E-state index in [0.717, 1.165) is 31.8 Å². The van der Waals surface area contributed by atoms with Gasteiger partial charge in [-0.2, -0.15) is 5.06 Å². The Bertz CT molecular complexity index is 308. The molecule has 0 bridgehead atoms. The van der Waals surface area contributed by atoms with Crippen LogP contribution in [0.5, 0.6) is 0 Å². The van der Waals surface area contributed by atoms with E-state index in [0.29, 0.717) is 0 Å². The minimum Gasteiger partial charge on any atom is -0.399 e. The monoisotopic (exact) mass is 206 g/mol. The van der Waals surface area contributed by atoms with Crippen LogP contribution in [0, 0.1) is 0 Å². The van der Waals surface area contributed by atoms with E-state index in [-0.39, 0.29) is 0 Å². The summed E-state index contributed by atoms with van der Waals surface area (Å²) in [6, 6.07) is 8.03. The van der Waals surface area contributed by atoms with Crippen LogP contribution in [-0.2, 0) is 11.3 Å². The molecule has 2 N–H and O–H groups in total. The second-order valence-corrected chi connectivity index (χ2v) is 3.92. The highest BCUT2D eigenvalue weighted by Crippen LogP contribution is 2.13. The van der Waals surface area contributed by atoms with Gasteiger partial charge in [0.15, 0.2) is 0 Å². The second-order valence-electron chi connectivity index (χ2n) is 3.92. The fourth-order valence-electron chi connectivity index (χ4n) is 1.83. The van der Waals surface area contributed by atoms with Crippen molar-refractivity contribution in [3.8, 4) is 0 Å². The van der Waals surface area contributed by atoms with Crippen molar-refractivity contribution >= 4 is 5.69 Å². The molecule has 1 saturated heterocycles. The van der Waals surface area contributed by atoms with Gasteiger partial charge in [0, 0.05) is 18.8 Å². The predicted octanol–water partition coefficient (Wildman–Crippen LogP) is 1.84. The van der Waals surface area contributed by atoms with Gasteiger partial charge in [0.25, 0.3) is 0 Å². The van der Waals surface area contributed by atoms with Crippen LogP contribution < -0.4 is 5.73 Å². The lowest BCUT2D eigenvalue weighted by atomic mass is 10.1. The number of hydrogen-bond donors (Lipinski definition) is 1. The lowest BCUT2D eigenvalue weighted by Crippen LogP contribution is -2.31. The lowest BCUT2D eigenvalue weighted by Gasteiger charge is -2.26. The Kier molecular flexibility index (Phi) is 3.59. The Morgan fingerprint density at radius 3 is 2.87 bits per heavy atom. The highest BCUT2D eigenvalue weighted by Gasteiger charge is 2.10. The fraction of sp³-hybridized carbons (Fsp3) is 0.500. The van der Waals surface area contributed by atoms with Crippen LogP contribution in [0.1, 0.15) is 18.4 Å². The van der Waals surface area contributed by atoms with Crippen molar-refractivity contribution in [1.82, 2.24) is 5.06 Å². The van der Waals surface area contributed by atoms with Crippen molar-refractivity contribution < 1.29 is 4.84 Å². The summed E-state index contributed by atoms with van der Waals surface area (Å²) in [5.41, 5.74) is 7.98. The fourth-order valence-corrected chi connectivity index (χ4v) is 1.83. The molecule has 0 radical (unpaired) electrons. The first-order valence-corrected chi connectivity index (χ1v) is 5.57. The maximum absolute atomic E-state index is 5.88. The molecule has 0 unspecified atom stereocenters. The third kappa shape index (κ3) is 2.94. The van der Waals surface area contributed by atoms with Gasteiger partial charge in [0.1, 0.15) is 0 Å². The van der Waals surface area contributed by atoms with Crippen LogP contribution in [0.2, 0.25) is 0 Å². The van der Waals surface area contributed by atoms with Gasteiger partial charge in [0.2, 0.25) is 0 Å². The van der Waals surface area contributed by atoms with Crippen molar-refractivity contribution in [3.63, 3.8) is 0 Å². The van der Waals surface area contributed by atoms with E-state index >= 15 is 0 Å². The average molecular weight is 206 g/mol. The van der Waals surface area contributed by atoms with Gasteiger partial charge in [-0.15, -0.1) is 0 Å². The third-order valence-electron chi connectivity index (χ3n) is 2.76. The van der Waals surface area contributed by atoms with Crippen LogP contribution in [0.4, 0.5) is 5.69 Å². The van der Waals surface area contributed by atoms with E-state index in [1.165, 1.54) is 18.4 Å². The van der Waals surface area contributed by atoms with Gasteiger partial charge < -0.3 is 5.73 Å². The van der Waals surface area contributed by atoms with Gasteiger partial charge in [-0.1, -0.05) is 18.2 Å². The van der Waals surface area contributed by atoms with Gasteiger partial charge in [-0.05, 0) is 30.9 Å². The molecule has 1 fully saturated rings. The first kappa shape index (κ1) is 10.5. The van der Waals surface area contributed by atoms with Crippen molar-refractivity contribution in [3.05, 3.63) is 29.8 Å². The minimum atomic E-state index is 0.865. The Labute approximate surface area is 90.8 Å². The van der Waals surface area contributed by atoms with Crippen LogP contribution in [0.25, 0.3) is 0 Å². The number of hydrogen-bond acceptors (Lipinski definition) is 3. The quantitative estimate of drug-likeness (QED) is 0.767. The Balaban J connectivity index is 1.84. The van der Waals surface area contributed by atoms with Gasteiger partial charge in [0.05, 0.1) is 6.61 Å². The summed E-state index contributed by atoms with van der Waals surface area (Å²) in [7, 11) is 0. The smallest absolute Gasteiger partial charge is 0.0685 e. The van der Waals surface area contributed by atoms with Crippen LogP contribution in [0.15, 0.2) is 24.3 Å². The zero-order valence-electron chi connectivity index (χ0n) is 8.98. The van der Waals surface area contributed by atoms with E-state index in [2.05, 4.69) is 11.1 Å². The molecule has 1 aliphatic rings. The maximum Gasteiger partial charge on any atom is 0.0685 e. The van der Waals surface area contributed by atoms with Gasteiger partial charge in [-0.3, -0.25) is 4.84 Å². The highest BCUT2D eigenvalue weighted by molar-refractivity contribution is 5.46. The van der Waals surface area contributed by atoms with Gasteiger partial charge in [-0.25, -0.2) is 0 Å². The summed E-state index contributed by atoms with van der Waals surface area (Å²) in [5.74, 6) is 0. The molecule has 1 heterocycles. The zero-order chi connectivity index (χ0) is 10.5. The molecule has 3 nitrogen and oxygen atoms in total. The molecule has 3 heteroatoms. The zero-order valence-corrected chi connectivity index (χ0v) is 8.98. The normalized spacial score (nSPS) is 17.9. The van der Waals surface area contributed by atoms with E-state index in [1.54, 1.807) is 0 Å². The number of benzene rings is 1.